The molecule has 21 heavy (non-hydrogen) atoms. The second-order valence-corrected chi connectivity index (χ2v) is 4.94. The lowest BCUT2D eigenvalue weighted by Crippen LogP contribution is -2.01. The summed E-state index contributed by atoms with van der Waals surface area (Å²) in [6, 6.07) is 8.15. The van der Waals surface area contributed by atoms with E-state index in [-0.39, 0.29) is 12.4 Å². The normalized spacial score (nSPS) is 11.0. The van der Waals surface area contributed by atoms with Crippen molar-refractivity contribution in [1.29, 1.82) is 0 Å². The van der Waals surface area contributed by atoms with Crippen molar-refractivity contribution in [3.63, 3.8) is 0 Å². The maximum atomic E-state index is 13.7. The first-order valence-electron chi connectivity index (χ1n) is 6.41. The highest BCUT2D eigenvalue weighted by Crippen LogP contribution is 2.24. The molecule has 108 valence electrons. The molecule has 2 N–H and O–H groups in total. The van der Waals surface area contributed by atoms with Gasteiger partial charge in [-0.25, -0.2) is 9.37 Å². The van der Waals surface area contributed by atoms with Crippen molar-refractivity contribution in [3.8, 4) is 5.75 Å². The van der Waals surface area contributed by atoms with Crippen molar-refractivity contribution in [2.75, 3.05) is 0 Å². The van der Waals surface area contributed by atoms with Crippen molar-refractivity contribution in [3.05, 3.63) is 64.8 Å². The molecule has 4 nitrogen and oxygen atoms in total. The molecular weight excluding hydrogens is 293 g/mol. The van der Waals surface area contributed by atoms with E-state index in [1.165, 1.54) is 6.07 Å². The van der Waals surface area contributed by atoms with Gasteiger partial charge in [0, 0.05) is 24.5 Å². The number of benzene rings is 1. The fraction of sp³-hybridized carbons (Fsp3) is 0.133. The summed E-state index contributed by atoms with van der Waals surface area (Å²) >= 11 is 5.98. The predicted molar refractivity (Wildman–Crippen MR) is 78.8 cm³/mol. The molecule has 0 spiro atoms. The van der Waals surface area contributed by atoms with Crippen LogP contribution in [0.2, 0.25) is 5.02 Å². The first-order chi connectivity index (χ1) is 10.2. The first-order valence-corrected chi connectivity index (χ1v) is 6.79. The summed E-state index contributed by atoms with van der Waals surface area (Å²) in [6.45, 7) is 0.385. The van der Waals surface area contributed by atoms with Gasteiger partial charge < -0.3 is 14.9 Å². The number of hydrogen-bond acceptors (Lipinski definition) is 3. The Morgan fingerprint density at radius 2 is 2.14 bits per heavy atom. The fourth-order valence-electron chi connectivity index (χ4n) is 2.07. The Hall–Kier alpha value is -2.11. The Bertz CT molecular complexity index is 767. The number of nitrogens with two attached hydrogens (primary N) is 1. The van der Waals surface area contributed by atoms with Gasteiger partial charge in [0.15, 0.2) is 11.4 Å². The van der Waals surface area contributed by atoms with E-state index in [1.807, 2.05) is 22.9 Å². The number of pyridine rings is 1. The van der Waals surface area contributed by atoms with Gasteiger partial charge in [0.05, 0.1) is 10.7 Å². The monoisotopic (exact) mass is 305 g/mol. The van der Waals surface area contributed by atoms with Crippen molar-refractivity contribution in [2.24, 2.45) is 5.73 Å². The van der Waals surface area contributed by atoms with Crippen LogP contribution in [-0.2, 0) is 13.2 Å². The maximum absolute atomic E-state index is 13.7. The molecule has 0 radical (unpaired) electrons. The van der Waals surface area contributed by atoms with Gasteiger partial charge in [-0.3, -0.25) is 0 Å². The minimum atomic E-state index is -0.388. The number of nitrogens with zero attached hydrogens (tertiary/aromatic N) is 2. The Balaban J connectivity index is 1.90. The summed E-state index contributed by atoms with van der Waals surface area (Å²) in [5.41, 5.74) is 7.31. The summed E-state index contributed by atoms with van der Waals surface area (Å²) in [6.07, 6.45) is 3.68. The summed E-state index contributed by atoms with van der Waals surface area (Å²) in [4.78, 5) is 4.37. The Morgan fingerprint density at radius 1 is 1.29 bits per heavy atom. The molecule has 0 fully saturated rings. The van der Waals surface area contributed by atoms with Crippen LogP contribution < -0.4 is 10.5 Å². The van der Waals surface area contributed by atoms with Crippen LogP contribution in [0.1, 0.15) is 11.3 Å². The third-order valence-corrected chi connectivity index (χ3v) is 3.49. The maximum Gasteiger partial charge on any atom is 0.179 e. The molecule has 1 aromatic carbocycles. The molecule has 2 heterocycles. The summed E-state index contributed by atoms with van der Waals surface area (Å²) in [5.74, 6) is 0.164. The molecule has 0 saturated carbocycles. The molecule has 3 aromatic rings. The van der Waals surface area contributed by atoms with Gasteiger partial charge in [-0.1, -0.05) is 17.7 Å². The second kappa shape index (κ2) is 5.71. The van der Waals surface area contributed by atoms with Crippen molar-refractivity contribution < 1.29 is 9.13 Å². The number of hydrogen-bond donors (Lipinski definition) is 1. The minimum absolute atomic E-state index is 0.0377. The number of aromatic nitrogens is 2. The van der Waals surface area contributed by atoms with Crippen LogP contribution in [0.3, 0.4) is 0 Å². The van der Waals surface area contributed by atoms with Crippen LogP contribution in [0.5, 0.6) is 5.75 Å². The molecule has 0 saturated heterocycles. The Kier molecular flexibility index (Phi) is 3.77. The molecule has 3 rings (SSSR count). The first kappa shape index (κ1) is 13.9. The topological polar surface area (TPSA) is 52.5 Å². The quantitative estimate of drug-likeness (QED) is 0.805. The molecule has 0 atom stereocenters. The molecular formula is C15H13ClFN3O. The van der Waals surface area contributed by atoms with E-state index in [2.05, 4.69) is 4.98 Å². The van der Waals surface area contributed by atoms with E-state index < -0.39 is 0 Å². The number of rotatable bonds is 4. The third kappa shape index (κ3) is 2.70. The lowest BCUT2D eigenvalue weighted by Gasteiger charge is -2.09. The lowest BCUT2D eigenvalue weighted by molar-refractivity contribution is 0.302. The molecule has 6 heteroatoms. The van der Waals surface area contributed by atoms with E-state index >= 15 is 0 Å². The second-order valence-electron chi connectivity index (χ2n) is 4.53. The minimum Gasteiger partial charge on any atom is -0.485 e. The molecule has 0 bridgehead atoms. The van der Waals surface area contributed by atoms with E-state index in [4.69, 9.17) is 22.1 Å². The largest absolute Gasteiger partial charge is 0.485 e. The molecule has 0 aliphatic carbocycles. The molecule has 0 aliphatic rings. The zero-order valence-corrected chi connectivity index (χ0v) is 11.8. The van der Waals surface area contributed by atoms with Gasteiger partial charge in [0.1, 0.15) is 12.4 Å². The smallest absolute Gasteiger partial charge is 0.179 e. The average molecular weight is 306 g/mol. The fourth-order valence-corrected chi connectivity index (χ4v) is 2.29. The van der Waals surface area contributed by atoms with Crippen LogP contribution in [0, 0.1) is 5.82 Å². The van der Waals surface area contributed by atoms with Gasteiger partial charge in [-0.05, 0) is 24.3 Å². The van der Waals surface area contributed by atoms with E-state index in [0.717, 1.165) is 5.69 Å². The standard InChI is InChI=1S/C15H13ClFN3O/c16-12-3-1-4-13(17)11(12)9-21-14-5-2-6-20-8-10(7-18)19-15(14)20/h1-6,8H,7,9,18H2. The predicted octanol–water partition coefficient (Wildman–Crippen LogP) is 3.16. The van der Waals surface area contributed by atoms with Gasteiger partial charge in [-0.15, -0.1) is 0 Å². The summed E-state index contributed by atoms with van der Waals surface area (Å²) < 4.78 is 21.2. The third-order valence-electron chi connectivity index (χ3n) is 3.14. The van der Waals surface area contributed by atoms with Crippen molar-refractivity contribution in [2.45, 2.75) is 13.2 Å². The van der Waals surface area contributed by atoms with Crippen molar-refractivity contribution in [1.82, 2.24) is 9.38 Å². The van der Waals surface area contributed by atoms with E-state index in [1.54, 1.807) is 18.2 Å². The van der Waals surface area contributed by atoms with Gasteiger partial charge >= 0.3 is 0 Å². The number of imidazole rings is 1. The van der Waals surface area contributed by atoms with Crippen LogP contribution in [0.15, 0.2) is 42.7 Å². The lowest BCUT2D eigenvalue weighted by atomic mass is 10.2. The summed E-state index contributed by atoms with van der Waals surface area (Å²) in [5, 5.41) is 0.341. The number of halogens is 2. The highest BCUT2D eigenvalue weighted by Gasteiger charge is 2.10. The molecule has 0 unspecified atom stereocenters. The van der Waals surface area contributed by atoms with Gasteiger partial charge in [-0.2, -0.15) is 0 Å². The highest BCUT2D eigenvalue weighted by molar-refractivity contribution is 6.31. The molecule has 0 aliphatic heterocycles. The Morgan fingerprint density at radius 3 is 2.90 bits per heavy atom. The van der Waals surface area contributed by atoms with Gasteiger partial charge in [0.2, 0.25) is 0 Å². The van der Waals surface area contributed by atoms with Gasteiger partial charge in [0.25, 0.3) is 0 Å². The van der Waals surface area contributed by atoms with Crippen LogP contribution in [0.25, 0.3) is 5.65 Å². The van der Waals surface area contributed by atoms with E-state index in [0.29, 0.717) is 28.5 Å². The van der Waals surface area contributed by atoms with Crippen LogP contribution in [0.4, 0.5) is 4.39 Å². The molecule has 2 aromatic heterocycles. The Labute approximate surface area is 125 Å². The summed E-state index contributed by atoms with van der Waals surface area (Å²) in [7, 11) is 0. The number of fused-ring (bicyclic) bond motifs is 1. The zero-order valence-electron chi connectivity index (χ0n) is 11.1. The molecule has 0 amide bonds. The van der Waals surface area contributed by atoms with Crippen LogP contribution >= 0.6 is 11.6 Å². The van der Waals surface area contributed by atoms with Crippen LogP contribution in [-0.4, -0.2) is 9.38 Å². The van der Waals surface area contributed by atoms with E-state index in [9.17, 15) is 4.39 Å². The SMILES string of the molecule is NCc1cn2cccc(OCc3c(F)cccc3Cl)c2n1. The highest BCUT2D eigenvalue weighted by atomic mass is 35.5. The zero-order chi connectivity index (χ0) is 14.8. The average Bonchev–Trinajstić information content (AvgIpc) is 2.90. The number of ether oxygens (including phenoxy) is 1. The van der Waals surface area contributed by atoms with Crippen molar-refractivity contribution >= 4 is 17.2 Å².